The van der Waals surface area contributed by atoms with Crippen LogP contribution in [0.3, 0.4) is 0 Å². The molecule has 0 amide bonds. The average molecular weight is 190 g/mol. The molecule has 1 aromatic carbocycles. The molecule has 14 heavy (non-hydrogen) atoms. The first-order chi connectivity index (χ1) is 6.57. The van der Waals surface area contributed by atoms with E-state index < -0.39 is 0 Å². The van der Waals surface area contributed by atoms with Gasteiger partial charge in [0.1, 0.15) is 0 Å². The van der Waals surface area contributed by atoms with Crippen molar-refractivity contribution < 1.29 is 0 Å². The molecular weight excluding hydrogens is 168 g/mol. The zero-order chi connectivity index (χ0) is 11.0. The molecule has 0 fully saturated rings. The molecule has 0 spiro atoms. The normalized spacial score (nSPS) is 9.57. The minimum absolute atomic E-state index is 0.648. The Labute approximate surface area is 88.7 Å². The van der Waals surface area contributed by atoms with Crippen molar-refractivity contribution in [2.75, 3.05) is 0 Å². The van der Waals surface area contributed by atoms with Gasteiger partial charge >= 0.3 is 0 Å². The number of rotatable bonds is 2. The SMILES string of the molecule is C=CC(C)C.CC(C)c1ccccc1. The first kappa shape index (κ1) is 13.0. The van der Waals surface area contributed by atoms with Crippen LogP contribution in [0, 0.1) is 5.92 Å². The fourth-order valence-electron chi connectivity index (χ4n) is 0.838. The lowest BCUT2D eigenvalue weighted by Crippen LogP contribution is -1.83. The standard InChI is InChI=1S/C9H12.C5H10/c1-8(2)9-6-4-3-5-7-9;1-4-5(2)3/h3-8H,1-2H3;4-5H,1H2,2-3H3. The van der Waals surface area contributed by atoms with E-state index in [1.807, 2.05) is 12.1 Å². The Hall–Kier alpha value is -1.04. The lowest BCUT2D eigenvalue weighted by Gasteiger charge is -2.01. The predicted octanol–water partition coefficient (Wildman–Crippen LogP) is 4.64. The van der Waals surface area contributed by atoms with Crippen molar-refractivity contribution in [1.29, 1.82) is 0 Å². The first-order valence-corrected chi connectivity index (χ1v) is 5.25. The van der Waals surface area contributed by atoms with Crippen molar-refractivity contribution in [2.24, 2.45) is 5.92 Å². The summed E-state index contributed by atoms with van der Waals surface area (Å²) < 4.78 is 0. The van der Waals surface area contributed by atoms with Crippen molar-refractivity contribution >= 4 is 0 Å². The van der Waals surface area contributed by atoms with Gasteiger partial charge in [0.15, 0.2) is 0 Å². The summed E-state index contributed by atoms with van der Waals surface area (Å²) in [5, 5.41) is 0. The summed E-state index contributed by atoms with van der Waals surface area (Å²) in [6, 6.07) is 10.5. The molecule has 0 radical (unpaired) electrons. The molecule has 0 nitrogen and oxygen atoms in total. The Morgan fingerprint density at radius 1 is 1.00 bits per heavy atom. The summed E-state index contributed by atoms with van der Waals surface area (Å²) in [4.78, 5) is 0. The maximum absolute atomic E-state index is 3.56. The van der Waals surface area contributed by atoms with Crippen molar-refractivity contribution in [3.8, 4) is 0 Å². The predicted molar refractivity (Wildman–Crippen MR) is 65.6 cm³/mol. The molecule has 0 heteroatoms. The second-order valence-electron chi connectivity index (χ2n) is 4.05. The lowest BCUT2D eigenvalue weighted by atomic mass is 10.0. The van der Waals surface area contributed by atoms with E-state index in [1.165, 1.54) is 5.56 Å². The summed E-state index contributed by atoms with van der Waals surface area (Å²) >= 11 is 0. The summed E-state index contributed by atoms with van der Waals surface area (Å²) in [5.74, 6) is 1.31. The van der Waals surface area contributed by atoms with E-state index >= 15 is 0 Å². The molecule has 78 valence electrons. The molecular formula is C14H22. The average Bonchev–Trinajstić information content (AvgIpc) is 2.20. The van der Waals surface area contributed by atoms with Gasteiger partial charge < -0.3 is 0 Å². The Kier molecular flexibility index (Phi) is 6.82. The van der Waals surface area contributed by atoms with Gasteiger partial charge in [0, 0.05) is 0 Å². The fraction of sp³-hybridized carbons (Fsp3) is 0.429. The minimum Gasteiger partial charge on any atom is -0.103 e. The van der Waals surface area contributed by atoms with Crippen LogP contribution in [0.25, 0.3) is 0 Å². The summed E-state index contributed by atoms with van der Waals surface area (Å²) in [6.45, 7) is 12.2. The van der Waals surface area contributed by atoms with Gasteiger partial charge in [-0.2, -0.15) is 0 Å². The molecule has 1 aromatic rings. The molecule has 0 aliphatic heterocycles. The van der Waals surface area contributed by atoms with Gasteiger partial charge in [0.25, 0.3) is 0 Å². The quantitative estimate of drug-likeness (QED) is 0.596. The van der Waals surface area contributed by atoms with E-state index in [2.05, 4.69) is 58.5 Å². The Balaban J connectivity index is 0.000000292. The maximum Gasteiger partial charge on any atom is -0.0219 e. The van der Waals surface area contributed by atoms with Gasteiger partial charge in [-0.15, -0.1) is 6.58 Å². The van der Waals surface area contributed by atoms with Gasteiger partial charge in [-0.1, -0.05) is 64.1 Å². The van der Waals surface area contributed by atoms with Crippen LogP contribution in [-0.4, -0.2) is 0 Å². The fourth-order valence-corrected chi connectivity index (χ4v) is 0.838. The highest BCUT2D eigenvalue weighted by Gasteiger charge is 1.93. The van der Waals surface area contributed by atoms with E-state index in [0.717, 1.165) is 0 Å². The van der Waals surface area contributed by atoms with Crippen molar-refractivity contribution in [3.05, 3.63) is 48.6 Å². The van der Waals surface area contributed by atoms with Crippen LogP contribution in [0.1, 0.15) is 39.2 Å². The van der Waals surface area contributed by atoms with E-state index in [-0.39, 0.29) is 0 Å². The molecule has 0 aliphatic rings. The molecule has 0 aromatic heterocycles. The number of hydrogen-bond donors (Lipinski definition) is 0. The molecule has 0 N–H and O–H groups in total. The summed E-state index contributed by atoms with van der Waals surface area (Å²) in [7, 11) is 0. The van der Waals surface area contributed by atoms with Gasteiger partial charge in [-0.3, -0.25) is 0 Å². The number of allylic oxidation sites excluding steroid dienone is 1. The summed E-state index contributed by atoms with van der Waals surface area (Å²) in [6.07, 6.45) is 1.92. The highest BCUT2D eigenvalue weighted by Crippen LogP contribution is 2.11. The highest BCUT2D eigenvalue weighted by atomic mass is 14.0. The van der Waals surface area contributed by atoms with Gasteiger partial charge in [-0.25, -0.2) is 0 Å². The third-order valence-electron chi connectivity index (χ3n) is 1.94. The molecule has 0 unspecified atom stereocenters. The largest absolute Gasteiger partial charge is 0.103 e. The molecule has 0 atom stereocenters. The zero-order valence-electron chi connectivity index (χ0n) is 9.83. The Bertz CT molecular complexity index is 231. The lowest BCUT2D eigenvalue weighted by molar-refractivity contribution is 0.835. The van der Waals surface area contributed by atoms with E-state index in [0.29, 0.717) is 11.8 Å². The van der Waals surface area contributed by atoms with Crippen LogP contribution in [-0.2, 0) is 0 Å². The van der Waals surface area contributed by atoms with Gasteiger partial charge in [0.2, 0.25) is 0 Å². The maximum atomic E-state index is 3.56. The second kappa shape index (κ2) is 7.37. The highest BCUT2D eigenvalue weighted by molar-refractivity contribution is 5.17. The minimum atomic E-state index is 0.648. The smallest absolute Gasteiger partial charge is 0.0219 e. The molecule has 0 saturated carbocycles. The van der Waals surface area contributed by atoms with Gasteiger partial charge in [-0.05, 0) is 17.4 Å². The van der Waals surface area contributed by atoms with Gasteiger partial charge in [0.05, 0.1) is 0 Å². The topological polar surface area (TPSA) is 0 Å². The van der Waals surface area contributed by atoms with Crippen LogP contribution in [0.2, 0.25) is 0 Å². The first-order valence-electron chi connectivity index (χ1n) is 5.25. The zero-order valence-corrected chi connectivity index (χ0v) is 9.83. The Morgan fingerprint density at radius 2 is 1.43 bits per heavy atom. The Morgan fingerprint density at radius 3 is 1.64 bits per heavy atom. The molecule has 1 rings (SSSR count). The van der Waals surface area contributed by atoms with E-state index in [9.17, 15) is 0 Å². The number of hydrogen-bond acceptors (Lipinski definition) is 0. The van der Waals surface area contributed by atoms with Crippen molar-refractivity contribution in [1.82, 2.24) is 0 Å². The third-order valence-corrected chi connectivity index (χ3v) is 1.94. The van der Waals surface area contributed by atoms with Crippen LogP contribution in [0.5, 0.6) is 0 Å². The van der Waals surface area contributed by atoms with E-state index in [1.54, 1.807) is 0 Å². The second-order valence-corrected chi connectivity index (χ2v) is 4.05. The summed E-state index contributed by atoms with van der Waals surface area (Å²) in [5.41, 5.74) is 1.41. The van der Waals surface area contributed by atoms with E-state index in [4.69, 9.17) is 0 Å². The number of benzene rings is 1. The van der Waals surface area contributed by atoms with Crippen LogP contribution in [0.15, 0.2) is 43.0 Å². The third kappa shape index (κ3) is 6.47. The van der Waals surface area contributed by atoms with Crippen molar-refractivity contribution in [3.63, 3.8) is 0 Å². The monoisotopic (exact) mass is 190 g/mol. The van der Waals surface area contributed by atoms with Crippen LogP contribution >= 0.6 is 0 Å². The molecule has 0 aliphatic carbocycles. The van der Waals surface area contributed by atoms with Crippen molar-refractivity contribution in [2.45, 2.75) is 33.6 Å². The molecule has 0 heterocycles. The molecule has 0 bridgehead atoms. The molecule has 0 saturated heterocycles. The van der Waals surface area contributed by atoms with Crippen LogP contribution < -0.4 is 0 Å². The van der Waals surface area contributed by atoms with Crippen LogP contribution in [0.4, 0.5) is 0 Å².